The highest BCUT2D eigenvalue weighted by atomic mass is 16.5. The van der Waals surface area contributed by atoms with Gasteiger partial charge in [0.2, 0.25) is 11.7 Å². The third kappa shape index (κ3) is 3.90. The lowest BCUT2D eigenvalue weighted by Crippen LogP contribution is -2.36. The van der Waals surface area contributed by atoms with Gasteiger partial charge in [-0.05, 0) is 50.5 Å². The maximum absolute atomic E-state index is 5.41. The normalized spacial score (nSPS) is 16.3. The van der Waals surface area contributed by atoms with Crippen molar-refractivity contribution in [1.82, 2.24) is 25.3 Å². The molecule has 0 saturated carbocycles. The first kappa shape index (κ1) is 15.1. The van der Waals surface area contributed by atoms with Gasteiger partial charge in [0.25, 0.3) is 0 Å². The molecule has 0 unspecified atom stereocenters. The molecule has 0 radical (unpaired) electrons. The molecule has 0 atom stereocenters. The molecular weight excluding hydrogens is 278 g/mol. The molecule has 1 N–H and O–H groups in total. The van der Waals surface area contributed by atoms with E-state index in [-0.39, 0.29) is 0 Å². The van der Waals surface area contributed by atoms with Crippen LogP contribution in [-0.4, -0.2) is 46.2 Å². The second-order valence-electron chi connectivity index (χ2n) is 5.77. The summed E-state index contributed by atoms with van der Waals surface area (Å²) in [5.41, 5.74) is 0.936. The van der Waals surface area contributed by atoms with Gasteiger partial charge in [-0.3, -0.25) is 9.88 Å². The largest absolute Gasteiger partial charge is 0.338 e. The SMILES string of the molecule is CCN(Cc1nc(-c2ccncc2)no1)CC1CCNCC1. The van der Waals surface area contributed by atoms with E-state index in [2.05, 4.69) is 32.3 Å². The first-order chi connectivity index (χ1) is 10.8. The van der Waals surface area contributed by atoms with Crippen molar-refractivity contribution in [3.63, 3.8) is 0 Å². The monoisotopic (exact) mass is 301 g/mol. The highest BCUT2D eigenvalue weighted by Gasteiger charge is 2.18. The van der Waals surface area contributed by atoms with E-state index in [4.69, 9.17) is 4.52 Å². The van der Waals surface area contributed by atoms with Gasteiger partial charge in [-0.25, -0.2) is 0 Å². The fourth-order valence-electron chi connectivity index (χ4n) is 2.86. The molecule has 6 heteroatoms. The molecule has 1 saturated heterocycles. The first-order valence-electron chi connectivity index (χ1n) is 8.01. The Balaban J connectivity index is 1.60. The zero-order valence-electron chi connectivity index (χ0n) is 13.0. The van der Waals surface area contributed by atoms with Crippen molar-refractivity contribution in [2.75, 3.05) is 26.2 Å². The number of piperidine rings is 1. The van der Waals surface area contributed by atoms with Crippen molar-refractivity contribution >= 4 is 0 Å². The molecule has 0 spiro atoms. The maximum atomic E-state index is 5.41. The predicted octanol–water partition coefficient (Wildman–Crippen LogP) is 1.95. The van der Waals surface area contributed by atoms with Crippen LogP contribution in [0.3, 0.4) is 0 Å². The number of nitrogens with one attached hydrogen (secondary N) is 1. The topological polar surface area (TPSA) is 67.1 Å². The summed E-state index contributed by atoms with van der Waals surface area (Å²) in [7, 11) is 0. The van der Waals surface area contributed by atoms with Crippen molar-refractivity contribution in [3.8, 4) is 11.4 Å². The van der Waals surface area contributed by atoms with Crippen LogP contribution in [0.2, 0.25) is 0 Å². The van der Waals surface area contributed by atoms with Gasteiger partial charge in [-0.15, -0.1) is 0 Å². The molecule has 1 aliphatic heterocycles. The number of hydrogen-bond acceptors (Lipinski definition) is 6. The summed E-state index contributed by atoms with van der Waals surface area (Å²) in [5, 5.41) is 7.48. The van der Waals surface area contributed by atoms with E-state index >= 15 is 0 Å². The van der Waals surface area contributed by atoms with Crippen LogP contribution in [0, 0.1) is 5.92 Å². The molecule has 22 heavy (non-hydrogen) atoms. The highest BCUT2D eigenvalue weighted by molar-refractivity contribution is 5.52. The van der Waals surface area contributed by atoms with Crippen molar-refractivity contribution in [2.24, 2.45) is 5.92 Å². The summed E-state index contributed by atoms with van der Waals surface area (Å²) in [4.78, 5) is 10.9. The smallest absolute Gasteiger partial charge is 0.241 e. The van der Waals surface area contributed by atoms with Crippen molar-refractivity contribution in [1.29, 1.82) is 0 Å². The average molecular weight is 301 g/mol. The van der Waals surface area contributed by atoms with E-state index in [1.807, 2.05) is 12.1 Å². The molecule has 1 aliphatic rings. The summed E-state index contributed by atoms with van der Waals surface area (Å²) in [6.45, 7) is 7.27. The summed E-state index contributed by atoms with van der Waals surface area (Å²) in [6.07, 6.45) is 5.98. The van der Waals surface area contributed by atoms with Crippen LogP contribution in [0.4, 0.5) is 0 Å². The van der Waals surface area contributed by atoms with E-state index in [0.717, 1.165) is 44.2 Å². The van der Waals surface area contributed by atoms with E-state index in [0.29, 0.717) is 11.7 Å². The van der Waals surface area contributed by atoms with Crippen molar-refractivity contribution < 1.29 is 4.52 Å². The van der Waals surface area contributed by atoms with Crippen molar-refractivity contribution in [3.05, 3.63) is 30.4 Å². The molecule has 0 aromatic carbocycles. The van der Waals surface area contributed by atoms with E-state index in [1.165, 1.54) is 12.8 Å². The Morgan fingerprint density at radius 3 is 2.77 bits per heavy atom. The highest BCUT2D eigenvalue weighted by Crippen LogP contribution is 2.17. The number of pyridine rings is 1. The van der Waals surface area contributed by atoms with E-state index in [1.54, 1.807) is 12.4 Å². The summed E-state index contributed by atoms with van der Waals surface area (Å²) in [6, 6.07) is 3.78. The molecule has 0 bridgehead atoms. The average Bonchev–Trinajstić information content (AvgIpc) is 3.04. The van der Waals surface area contributed by atoms with Gasteiger partial charge in [0.05, 0.1) is 6.54 Å². The molecule has 3 rings (SSSR count). The van der Waals surface area contributed by atoms with E-state index in [9.17, 15) is 0 Å². The number of aromatic nitrogens is 3. The summed E-state index contributed by atoms with van der Waals surface area (Å²) >= 11 is 0. The molecule has 6 nitrogen and oxygen atoms in total. The summed E-state index contributed by atoms with van der Waals surface area (Å²) in [5.74, 6) is 2.08. The van der Waals surface area contributed by atoms with Gasteiger partial charge in [-0.1, -0.05) is 12.1 Å². The molecule has 1 fully saturated rings. The van der Waals surface area contributed by atoms with Crippen LogP contribution in [0.5, 0.6) is 0 Å². The minimum Gasteiger partial charge on any atom is -0.338 e. The zero-order valence-corrected chi connectivity index (χ0v) is 13.0. The third-order valence-electron chi connectivity index (χ3n) is 4.19. The van der Waals surface area contributed by atoms with Gasteiger partial charge in [0, 0.05) is 24.5 Å². The lowest BCUT2D eigenvalue weighted by atomic mass is 9.97. The van der Waals surface area contributed by atoms with Gasteiger partial charge in [0.15, 0.2) is 0 Å². The Labute approximate surface area is 130 Å². The Morgan fingerprint density at radius 1 is 1.27 bits per heavy atom. The minimum atomic E-state index is 0.635. The number of rotatable bonds is 6. The Kier molecular flexibility index (Phi) is 5.13. The van der Waals surface area contributed by atoms with Crippen LogP contribution in [0.25, 0.3) is 11.4 Å². The quantitative estimate of drug-likeness (QED) is 0.879. The van der Waals surface area contributed by atoms with Gasteiger partial charge < -0.3 is 9.84 Å². The van der Waals surface area contributed by atoms with Crippen LogP contribution in [0.15, 0.2) is 29.0 Å². The van der Waals surface area contributed by atoms with Gasteiger partial charge in [0.1, 0.15) is 0 Å². The van der Waals surface area contributed by atoms with E-state index < -0.39 is 0 Å². The Morgan fingerprint density at radius 2 is 2.05 bits per heavy atom. The molecule has 2 aromatic heterocycles. The molecule has 0 amide bonds. The predicted molar refractivity (Wildman–Crippen MR) is 84.1 cm³/mol. The van der Waals surface area contributed by atoms with Crippen molar-refractivity contribution in [2.45, 2.75) is 26.3 Å². The lowest BCUT2D eigenvalue weighted by Gasteiger charge is -2.28. The lowest BCUT2D eigenvalue weighted by molar-refractivity contribution is 0.185. The fourth-order valence-corrected chi connectivity index (χ4v) is 2.86. The Bertz CT molecular complexity index is 565. The fraction of sp³-hybridized carbons (Fsp3) is 0.562. The summed E-state index contributed by atoms with van der Waals surface area (Å²) < 4.78 is 5.41. The van der Waals surface area contributed by atoms with Crippen LogP contribution in [-0.2, 0) is 6.54 Å². The molecule has 2 aromatic rings. The zero-order chi connectivity index (χ0) is 15.2. The first-order valence-corrected chi connectivity index (χ1v) is 8.01. The third-order valence-corrected chi connectivity index (χ3v) is 4.19. The Hall–Kier alpha value is -1.79. The van der Waals surface area contributed by atoms with Gasteiger partial charge in [-0.2, -0.15) is 4.98 Å². The minimum absolute atomic E-state index is 0.635. The standard InChI is InChI=1S/C16H23N5O/c1-2-21(11-13-3-7-17-8-4-13)12-15-19-16(20-22-15)14-5-9-18-10-6-14/h5-6,9-10,13,17H,2-4,7-8,11-12H2,1H3. The van der Waals surface area contributed by atoms with Crippen LogP contribution >= 0.6 is 0 Å². The molecule has 0 aliphatic carbocycles. The number of nitrogens with zero attached hydrogens (tertiary/aromatic N) is 4. The second kappa shape index (κ2) is 7.47. The molecular formula is C16H23N5O. The molecule has 118 valence electrons. The van der Waals surface area contributed by atoms with Gasteiger partial charge >= 0.3 is 0 Å². The van der Waals surface area contributed by atoms with Crippen LogP contribution in [0.1, 0.15) is 25.7 Å². The van der Waals surface area contributed by atoms with Crippen LogP contribution < -0.4 is 5.32 Å². The molecule has 3 heterocycles. The second-order valence-corrected chi connectivity index (χ2v) is 5.77. The number of hydrogen-bond donors (Lipinski definition) is 1. The maximum Gasteiger partial charge on any atom is 0.241 e.